The molecule has 0 atom stereocenters. The summed E-state index contributed by atoms with van der Waals surface area (Å²) in [6.45, 7) is -4.18. The topological polar surface area (TPSA) is 13.0 Å². The molecule has 2 aliphatic rings. The van der Waals surface area contributed by atoms with Crippen LogP contribution in [-0.2, 0) is 0 Å². The number of anilines is 2. The molecule has 0 radical (unpaired) electrons. The van der Waals surface area contributed by atoms with Crippen LogP contribution in [0.1, 0.15) is 8.22 Å². The molecule has 0 N–H and O–H groups in total. The van der Waals surface area contributed by atoms with Gasteiger partial charge in [-0.1, -0.05) is 78.9 Å². The average Bonchev–Trinajstić information content (AvgIpc) is 3.69. The summed E-state index contributed by atoms with van der Waals surface area (Å²) in [5, 5.41) is 0. The first-order chi connectivity index (χ1) is 20.1. The third-order valence-electron chi connectivity index (χ3n) is 6.55. The maximum Gasteiger partial charge on any atom is 0.0938 e. The fraction of sp³-hybridized carbons (Fsp3) is 0.125. The van der Waals surface area contributed by atoms with Gasteiger partial charge in [0.1, 0.15) is 0 Å². The molecule has 0 amide bonds. The molecule has 4 aromatic rings. The smallest absolute Gasteiger partial charge is 0.0938 e. The van der Waals surface area contributed by atoms with E-state index in [1.54, 1.807) is 24.8 Å². The van der Waals surface area contributed by atoms with Gasteiger partial charge in [0.05, 0.1) is 13.3 Å². The van der Waals surface area contributed by atoms with E-state index in [-0.39, 0.29) is 13.3 Å². The van der Waals surface area contributed by atoms with E-state index in [1.807, 2.05) is 52.3 Å². The molecular weight excluding hydrogens is 440 g/mol. The van der Waals surface area contributed by atoms with Gasteiger partial charge in [-0.15, -0.1) is 0 Å². The van der Waals surface area contributed by atoms with Gasteiger partial charge in [0, 0.05) is 58.4 Å². The van der Waals surface area contributed by atoms with Crippen LogP contribution in [0.25, 0.3) is 33.4 Å². The van der Waals surface area contributed by atoms with Crippen molar-refractivity contribution in [3.63, 3.8) is 0 Å². The zero-order valence-electron chi connectivity index (χ0n) is 25.8. The number of rotatable bonds is 5. The van der Waals surface area contributed by atoms with E-state index in [1.165, 1.54) is 9.80 Å². The Hall–Kier alpha value is -4.44. The predicted molar refractivity (Wildman–Crippen MR) is 151 cm³/mol. The highest BCUT2D eigenvalue weighted by atomic mass is 15.3. The highest BCUT2D eigenvalue weighted by Crippen LogP contribution is 2.43. The minimum absolute atomic E-state index is 0.169. The van der Waals surface area contributed by atoms with Crippen LogP contribution < -0.4 is 9.80 Å². The van der Waals surface area contributed by atoms with E-state index in [2.05, 4.69) is 54.6 Å². The summed E-state index contributed by atoms with van der Waals surface area (Å²) in [4.78, 5) is 6.43. The van der Waals surface area contributed by atoms with Gasteiger partial charge < -0.3 is 19.6 Å². The van der Waals surface area contributed by atoms with Gasteiger partial charge in [-0.05, 0) is 51.6 Å². The van der Waals surface area contributed by atoms with E-state index in [0.29, 0.717) is 0 Å². The quantitative estimate of drug-likeness (QED) is 0.306. The Kier molecular flexibility index (Phi) is 4.21. The Morgan fingerprint density at radius 3 is 1.47 bits per heavy atom. The van der Waals surface area contributed by atoms with Crippen molar-refractivity contribution in [1.29, 1.82) is 0 Å². The lowest BCUT2D eigenvalue weighted by atomic mass is 9.87. The lowest BCUT2D eigenvalue weighted by molar-refractivity contribution is 0.494. The third kappa shape index (κ3) is 4.22. The van der Waals surface area contributed by atoms with Crippen LogP contribution in [0, 0.1) is 0 Å². The first-order valence-electron chi connectivity index (χ1n) is 14.9. The predicted octanol–water partition coefficient (Wildman–Crippen LogP) is 7.05. The van der Waals surface area contributed by atoms with Crippen molar-refractivity contribution in [3.8, 4) is 33.4 Å². The molecule has 4 nitrogen and oxygen atoms in total. The van der Waals surface area contributed by atoms with Gasteiger partial charge in [-0.25, -0.2) is 0 Å². The maximum atomic E-state index is 7.87. The van der Waals surface area contributed by atoms with Gasteiger partial charge in [0.15, 0.2) is 0 Å². The number of hydrogen-bond donors (Lipinski definition) is 0. The molecule has 0 fully saturated rings. The summed E-state index contributed by atoms with van der Waals surface area (Å²) in [5.74, 6) is 0. The Labute approximate surface area is 222 Å². The van der Waals surface area contributed by atoms with E-state index < -0.39 is 14.0 Å². The minimum Gasteiger partial charge on any atom is -0.361 e. The van der Waals surface area contributed by atoms with Gasteiger partial charge >= 0.3 is 0 Å². The van der Waals surface area contributed by atoms with Crippen LogP contribution in [0.15, 0.2) is 122 Å². The molecule has 0 aliphatic carbocycles. The molecule has 2 aliphatic heterocycles. The van der Waals surface area contributed by atoms with Gasteiger partial charge in [-0.3, -0.25) is 0 Å². The number of nitrogens with zero attached hydrogens (tertiary/aromatic N) is 4. The second-order valence-electron chi connectivity index (χ2n) is 8.96. The molecule has 0 unspecified atom stereocenters. The molecule has 36 heavy (non-hydrogen) atoms. The molecule has 0 spiro atoms. The largest absolute Gasteiger partial charge is 0.361 e. The minimum atomic E-state index is -2.26. The molecule has 4 aromatic carbocycles. The summed E-state index contributed by atoms with van der Waals surface area (Å²) in [5.41, 5.74) is 7.82. The molecule has 0 aromatic heterocycles. The van der Waals surface area contributed by atoms with E-state index >= 15 is 0 Å². The lowest BCUT2D eigenvalue weighted by Gasteiger charge is -2.25. The summed E-state index contributed by atoms with van der Waals surface area (Å²) in [6, 6.07) is 32.8. The monoisotopic (exact) mass is 476 g/mol. The zero-order valence-corrected chi connectivity index (χ0v) is 19.8. The lowest BCUT2D eigenvalue weighted by Crippen LogP contribution is -2.23. The molecule has 0 saturated heterocycles. The van der Waals surface area contributed by atoms with Gasteiger partial charge in [0.2, 0.25) is 0 Å². The SMILES string of the molecule is [2H]C([2H])([2H])N1C=CN(c2cc(-c3c(-c4ccccc4)cccc3-c3ccccc3)cc(N3C=CN(C([2H])([2H])[2H])C3)c2)C1. The van der Waals surface area contributed by atoms with Crippen molar-refractivity contribution in [1.82, 2.24) is 9.80 Å². The Morgan fingerprint density at radius 2 is 1.03 bits per heavy atom. The van der Waals surface area contributed by atoms with Crippen LogP contribution in [0.5, 0.6) is 0 Å². The highest BCUT2D eigenvalue weighted by Gasteiger charge is 2.20. The normalized spacial score (nSPS) is 18.0. The molecule has 0 saturated carbocycles. The summed E-state index contributed by atoms with van der Waals surface area (Å²) in [7, 11) is 0. The van der Waals surface area contributed by atoms with Crippen molar-refractivity contribution < 1.29 is 8.22 Å². The molecule has 178 valence electrons. The van der Waals surface area contributed by atoms with Crippen molar-refractivity contribution in [2.45, 2.75) is 0 Å². The van der Waals surface area contributed by atoms with Gasteiger partial charge in [-0.2, -0.15) is 0 Å². The van der Waals surface area contributed by atoms with Crippen molar-refractivity contribution >= 4 is 11.4 Å². The third-order valence-corrected chi connectivity index (χ3v) is 6.55. The summed E-state index contributed by atoms with van der Waals surface area (Å²) < 4.78 is 47.2. The van der Waals surface area contributed by atoms with E-state index in [9.17, 15) is 0 Å². The Bertz CT molecular complexity index is 1520. The first kappa shape index (κ1) is 16.3. The summed E-state index contributed by atoms with van der Waals surface area (Å²) >= 11 is 0. The highest BCUT2D eigenvalue weighted by molar-refractivity contribution is 5.96. The fourth-order valence-corrected chi connectivity index (χ4v) is 4.83. The molecule has 6 rings (SSSR count). The van der Waals surface area contributed by atoms with E-state index in [4.69, 9.17) is 8.22 Å². The van der Waals surface area contributed by atoms with Gasteiger partial charge in [0.25, 0.3) is 0 Å². The maximum absolute atomic E-state index is 7.87. The molecule has 0 bridgehead atoms. The van der Waals surface area contributed by atoms with Crippen LogP contribution in [0.3, 0.4) is 0 Å². The van der Waals surface area contributed by atoms with Crippen molar-refractivity contribution in [2.75, 3.05) is 37.1 Å². The molecule has 2 heterocycles. The fourth-order valence-electron chi connectivity index (χ4n) is 4.83. The zero-order chi connectivity index (χ0) is 29.5. The van der Waals surface area contributed by atoms with Crippen molar-refractivity contribution in [2.24, 2.45) is 0 Å². The number of hydrogen-bond acceptors (Lipinski definition) is 4. The van der Waals surface area contributed by atoms with Crippen molar-refractivity contribution in [3.05, 3.63) is 122 Å². The Balaban J connectivity index is 1.54. The standard InChI is InChI=1S/C32H30N4/c1-33-16-18-35(23-33)28-20-27(21-29(22-28)36-19-17-34(2)24-36)32-30(25-10-5-3-6-11-25)14-9-15-31(32)26-12-7-4-8-13-26/h3-22H,23-24H2,1-2H3/i1D3,2D3. The molecular formula is C32H30N4. The van der Waals surface area contributed by atoms with Crippen LogP contribution in [0.2, 0.25) is 0 Å². The van der Waals surface area contributed by atoms with Crippen LogP contribution >= 0.6 is 0 Å². The first-order valence-corrected chi connectivity index (χ1v) is 11.9. The van der Waals surface area contributed by atoms with Crippen LogP contribution in [-0.4, -0.2) is 37.1 Å². The van der Waals surface area contributed by atoms with E-state index in [0.717, 1.165) is 44.8 Å². The van der Waals surface area contributed by atoms with Crippen LogP contribution in [0.4, 0.5) is 11.4 Å². The second kappa shape index (κ2) is 9.31. The summed E-state index contributed by atoms with van der Waals surface area (Å²) in [6.07, 6.45) is 6.70. The molecule has 4 heteroatoms. The average molecular weight is 477 g/mol. The second-order valence-corrected chi connectivity index (χ2v) is 8.96. The Morgan fingerprint density at radius 1 is 0.528 bits per heavy atom. The number of benzene rings is 4.